The van der Waals surface area contributed by atoms with Crippen LogP contribution in [0.1, 0.15) is 154 Å². The molecule has 0 atom stereocenters. The second-order valence-electron chi connectivity index (χ2n) is 27.1. The van der Waals surface area contributed by atoms with Gasteiger partial charge in [-0.25, -0.2) is 4.98 Å². The number of hydrogen-bond donors (Lipinski definition) is 0. The maximum absolute atomic E-state index is 10.2. The minimum absolute atomic E-state index is 0.00383. The summed E-state index contributed by atoms with van der Waals surface area (Å²) in [5.74, 6) is 0.999. The molecule has 13 rings (SSSR count). The van der Waals surface area contributed by atoms with Crippen LogP contribution in [0, 0.1) is 0 Å². The van der Waals surface area contributed by atoms with Gasteiger partial charge in [-0.15, -0.1) is 0 Å². The van der Waals surface area contributed by atoms with E-state index in [9.17, 15) is 11.0 Å². The van der Waals surface area contributed by atoms with Gasteiger partial charge in [0, 0.05) is 51.5 Å². The van der Waals surface area contributed by atoms with Crippen LogP contribution >= 0.6 is 0 Å². The SMILES string of the molecule is [2H]c1c([2H])c([2H])c(-c2cnc(-n3c4cc(Oc5cccc(N6CN(c7c(-c8ccc9c(c8)C(C)(C)CCC9(C)C)cc(C(C)(C)C)cc7-c7c([2H])c([2H])c(-c8c([2H])c([2H])c([2H])c(C(C)(C)C)c8[2H])c([2H])c7[2H])c7ccccc76)c5)ccc4c4c([2H])c([2H])c([2H])c([2H])c43)cc2C(C)(C)C)c([2H])c1[2H]. The number of anilines is 4. The number of para-hydroxylation sites is 3. The van der Waals surface area contributed by atoms with Gasteiger partial charge >= 0.3 is 0 Å². The Kier molecular flexibility index (Phi) is 9.44. The summed E-state index contributed by atoms with van der Waals surface area (Å²) < 4.78 is 165. The average molecular weight is 1130 g/mol. The van der Waals surface area contributed by atoms with Crippen LogP contribution in [0.5, 0.6) is 11.5 Å². The number of fused-ring (bicyclic) bond motifs is 5. The molecule has 0 radical (unpaired) electrons. The number of nitrogens with zero attached hydrogens (tertiary/aromatic N) is 4. The van der Waals surface area contributed by atoms with E-state index in [2.05, 4.69) is 82.5 Å². The van der Waals surface area contributed by atoms with Gasteiger partial charge in [-0.2, -0.15) is 0 Å². The number of benzene rings is 9. The van der Waals surface area contributed by atoms with E-state index in [-0.39, 0.29) is 86.2 Å². The second-order valence-corrected chi connectivity index (χ2v) is 27.1. The lowest BCUT2D eigenvalue weighted by Crippen LogP contribution is -2.33. The molecule has 2 aliphatic rings. The molecule has 0 bridgehead atoms. The van der Waals surface area contributed by atoms with Crippen molar-refractivity contribution < 1.29 is 28.0 Å². The topological polar surface area (TPSA) is 33.5 Å². The maximum atomic E-state index is 10.2. The molecule has 0 saturated heterocycles. The summed E-state index contributed by atoms with van der Waals surface area (Å²) in [6.45, 7) is 26.7. The van der Waals surface area contributed by atoms with E-state index in [0.29, 0.717) is 50.5 Å². The molecule has 426 valence electrons. The van der Waals surface area contributed by atoms with Crippen LogP contribution < -0.4 is 14.5 Å². The molecular formula is C80H80N4O. The fraction of sp³-hybridized carbons (Fsp3) is 0.263. The van der Waals surface area contributed by atoms with Gasteiger partial charge in [0.2, 0.25) is 0 Å². The molecule has 85 heavy (non-hydrogen) atoms. The van der Waals surface area contributed by atoms with Gasteiger partial charge < -0.3 is 14.5 Å². The van der Waals surface area contributed by atoms with Gasteiger partial charge in [-0.1, -0.05) is 223 Å². The highest BCUT2D eigenvalue weighted by Crippen LogP contribution is 2.54. The van der Waals surface area contributed by atoms with Crippen molar-refractivity contribution in [2.75, 3.05) is 16.5 Å². The van der Waals surface area contributed by atoms with Gasteiger partial charge in [0.25, 0.3) is 0 Å². The third-order valence-electron chi connectivity index (χ3n) is 17.1. The predicted molar refractivity (Wildman–Crippen MR) is 360 cm³/mol. The lowest BCUT2D eigenvalue weighted by Gasteiger charge is -2.42. The fourth-order valence-electron chi connectivity index (χ4n) is 12.2. The van der Waals surface area contributed by atoms with Crippen LogP contribution in [0.15, 0.2) is 212 Å². The van der Waals surface area contributed by atoms with E-state index < -0.39 is 94.8 Å². The summed E-state index contributed by atoms with van der Waals surface area (Å²) in [4.78, 5) is 9.16. The maximum Gasteiger partial charge on any atom is 0.137 e. The summed E-state index contributed by atoms with van der Waals surface area (Å²) in [6, 6.07) is 26.1. The zero-order valence-electron chi connectivity index (χ0n) is 67.7. The van der Waals surface area contributed by atoms with Crippen molar-refractivity contribution in [3.8, 4) is 61.8 Å². The molecule has 0 spiro atoms. The lowest BCUT2D eigenvalue weighted by molar-refractivity contribution is 0.332. The molecule has 2 aromatic heterocycles. The molecule has 5 heteroatoms. The smallest absolute Gasteiger partial charge is 0.137 e. The van der Waals surface area contributed by atoms with Gasteiger partial charge in [0.1, 0.15) is 24.0 Å². The van der Waals surface area contributed by atoms with Crippen LogP contribution in [0.4, 0.5) is 22.7 Å². The van der Waals surface area contributed by atoms with Crippen molar-refractivity contribution in [1.29, 1.82) is 0 Å². The molecule has 3 heterocycles. The van der Waals surface area contributed by atoms with Crippen molar-refractivity contribution in [2.24, 2.45) is 0 Å². The minimum Gasteiger partial charge on any atom is -0.457 e. The minimum atomic E-state index is -0.844. The highest BCUT2D eigenvalue weighted by Gasteiger charge is 2.39. The quantitative estimate of drug-likeness (QED) is 0.144. The number of pyridine rings is 1. The Morgan fingerprint density at radius 1 is 0.471 bits per heavy atom. The van der Waals surface area contributed by atoms with Crippen molar-refractivity contribution in [2.45, 2.75) is 130 Å². The van der Waals surface area contributed by atoms with Crippen LogP contribution in [-0.2, 0) is 27.1 Å². The van der Waals surface area contributed by atoms with Crippen molar-refractivity contribution in [1.82, 2.24) is 9.55 Å². The van der Waals surface area contributed by atoms with E-state index in [1.165, 1.54) is 17.3 Å². The van der Waals surface area contributed by atoms with E-state index in [1.54, 1.807) is 49.6 Å². The molecule has 0 unspecified atom stereocenters. The monoisotopic (exact) mass is 1130 g/mol. The molecule has 0 saturated carbocycles. The Hall–Kier alpha value is -8.67. The molecule has 0 N–H and O–H groups in total. The zero-order chi connectivity index (χ0) is 74.2. The standard InChI is InChI=1S/C80H80N4O/c1-76(2,3)57-26-21-25-55(43-57)52-33-35-54(36-34-52)64-45-58(77(4,5)6)46-65(56-37-40-67-69(44-56)80(12,13)42-41-79(67,10)11)75(64)83-51-82(71-31-19-20-32-72(71)83)59-27-22-28-60(47-59)85-61-38-39-63-62-29-17-18-30-70(62)84(73(63)48-61)74-49-68(78(7,8)9)66(50-81-74)53-23-15-14-16-24-53/h14-40,43-50H,41-42,51H2,1-13H3/i14D,15D,16D,17D,18D,21D,23D,24D,25D,26D,29D,30D,33D,34D,35D,36D,43D. The zero-order valence-corrected chi connectivity index (χ0v) is 50.7. The number of ether oxygens (including phenoxy) is 1. The van der Waals surface area contributed by atoms with Crippen LogP contribution in [0.25, 0.3) is 72.1 Å². The molecule has 1 aliphatic carbocycles. The Bertz CT molecular complexity index is 5370. The first kappa shape index (κ1) is 39.0. The summed E-state index contributed by atoms with van der Waals surface area (Å²) in [7, 11) is 0. The highest BCUT2D eigenvalue weighted by atomic mass is 16.5. The first-order valence-electron chi connectivity index (χ1n) is 37.7. The highest BCUT2D eigenvalue weighted by molar-refractivity contribution is 6.09. The van der Waals surface area contributed by atoms with Gasteiger partial charge in [-0.3, -0.25) is 4.57 Å². The lowest BCUT2D eigenvalue weighted by atomic mass is 9.63. The van der Waals surface area contributed by atoms with Gasteiger partial charge in [0.15, 0.2) is 0 Å². The van der Waals surface area contributed by atoms with Crippen molar-refractivity contribution >= 4 is 44.6 Å². The third kappa shape index (κ3) is 10.2. The first-order chi connectivity index (χ1) is 47.6. The Labute approximate surface area is 528 Å². The molecule has 11 aromatic rings. The number of hydrogen-bond acceptors (Lipinski definition) is 4. The number of aromatic nitrogens is 2. The Balaban J connectivity index is 0.981. The Morgan fingerprint density at radius 2 is 1.11 bits per heavy atom. The van der Waals surface area contributed by atoms with Crippen LogP contribution in [0.3, 0.4) is 0 Å². The second kappa shape index (κ2) is 20.5. The van der Waals surface area contributed by atoms with Crippen molar-refractivity contribution in [3.63, 3.8) is 0 Å². The molecule has 5 nitrogen and oxygen atoms in total. The van der Waals surface area contributed by atoms with Gasteiger partial charge in [-0.05, 0) is 156 Å². The fourth-order valence-corrected chi connectivity index (χ4v) is 12.2. The van der Waals surface area contributed by atoms with E-state index in [4.69, 9.17) is 22.1 Å². The summed E-state index contributed by atoms with van der Waals surface area (Å²) in [5.41, 5.74) is 6.93. The number of rotatable bonds is 9. The van der Waals surface area contributed by atoms with E-state index in [0.717, 1.165) is 40.9 Å². The summed E-state index contributed by atoms with van der Waals surface area (Å²) in [5, 5.41) is 0.715. The molecule has 9 aromatic carbocycles. The van der Waals surface area contributed by atoms with Crippen molar-refractivity contribution in [3.05, 3.63) is 240 Å². The van der Waals surface area contributed by atoms with Gasteiger partial charge in [0.05, 0.1) is 51.4 Å². The van der Waals surface area contributed by atoms with Crippen LogP contribution in [-0.4, -0.2) is 16.2 Å². The Morgan fingerprint density at radius 3 is 1.82 bits per heavy atom. The van der Waals surface area contributed by atoms with E-state index >= 15 is 0 Å². The summed E-state index contributed by atoms with van der Waals surface area (Å²) in [6.07, 6.45) is 3.41. The molecule has 0 fully saturated rings. The van der Waals surface area contributed by atoms with E-state index in [1.807, 2.05) is 75.4 Å². The van der Waals surface area contributed by atoms with Crippen LogP contribution in [0.2, 0.25) is 0 Å². The first-order valence-corrected chi connectivity index (χ1v) is 29.2. The molecule has 0 amide bonds. The molecular weight excluding hydrogens is 1030 g/mol. The third-order valence-corrected chi connectivity index (χ3v) is 17.1. The predicted octanol–water partition coefficient (Wildman–Crippen LogP) is 22.1. The molecule has 1 aliphatic heterocycles. The largest absolute Gasteiger partial charge is 0.457 e. The average Bonchev–Trinajstić information content (AvgIpc) is 1.33. The summed E-state index contributed by atoms with van der Waals surface area (Å²) >= 11 is 0. The normalized spacial score (nSPS) is 17.7.